The van der Waals surface area contributed by atoms with Crippen LogP contribution in [0.5, 0.6) is 0 Å². The number of thioether (sulfide) groups is 1. The molecule has 0 aliphatic heterocycles. The Morgan fingerprint density at radius 1 is 1.37 bits per heavy atom. The van der Waals surface area contributed by atoms with Crippen molar-refractivity contribution >= 4 is 17.7 Å². The Bertz CT molecular complexity index is 542. The molecule has 1 aromatic heterocycles. The van der Waals surface area contributed by atoms with Gasteiger partial charge in [0.25, 0.3) is 0 Å². The number of nitrogens with one attached hydrogen (secondary N) is 1. The number of benzene rings is 1. The second-order valence-corrected chi connectivity index (χ2v) is 5.04. The summed E-state index contributed by atoms with van der Waals surface area (Å²) in [5.41, 5.74) is 0. The first-order valence-electron chi connectivity index (χ1n) is 5.87. The summed E-state index contributed by atoms with van der Waals surface area (Å²) < 4.78 is 18.6. The Hall–Kier alpha value is -1.75. The highest BCUT2D eigenvalue weighted by atomic mass is 32.2. The van der Waals surface area contributed by atoms with Crippen molar-refractivity contribution < 1.29 is 13.6 Å². The average Bonchev–Trinajstić information content (AvgIpc) is 2.91. The molecule has 0 spiro atoms. The molecule has 2 aromatic rings. The van der Waals surface area contributed by atoms with Gasteiger partial charge in [0.15, 0.2) is 0 Å². The number of carbonyl (C=O) groups excluding carboxylic acids is 1. The third-order valence-corrected chi connectivity index (χ3v) is 3.59. The Kier molecular flexibility index (Phi) is 4.63. The summed E-state index contributed by atoms with van der Waals surface area (Å²) in [5.74, 6) is 0.409. The summed E-state index contributed by atoms with van der Waals surface area (Å²) in [7, 11) is 0. The van der Waals surface area contributed by atoms with Crippen LogP contribution in [0.4, 0.5) is 4.39 Å². The van der Waals surface area contributed by atoms with Crippen LogP contribution < -0.4 is 5.32 Å². The fourth-order valence-corrected chi connectivity index (χ4v) is 2.35. The molecule has 19 heavy (non-hydrogen) atoms. The SMILES string of the molecule is C[C@@H](NC(=O)CSc1ccccc1F)c1ccco1. The van der Waals surface area contributed by atoms with Gasteiger partial charge in [0.1, 0.15) is 11.6 Å². The van der Waals surface area contributed by atoms with E-state index in [9.17, 15) is 9.18 Å². The molecule has 2 rings (SSSR count). The molecule has 0 unspecified atom stereocenters. The molecule has 1 heterocycles. The molecular formula is C14H14FNO2S. The fraction of sp³-hybridized carbons (Fsp3) is 0.214. The Balaban J connectivity index is 1.84. The summed E-state index contributed by atoms with van der Waals surface area (Å²) in [6.45, 7) is 1.84. The van der Waals surface area contributed by atoms with E-state index in [4.69, 9.17) is 4.42 Å². The van der Waals surface area contributed by atoms with E-state index in [2.05, 4.69) is 5.32 Å². The van der Waals surface area contributed by atoms with E-state index in [1.165, 1.54) is 17.8 Å². The number of furan rings is 1. The summed E-state index contributed by atoms with van der Waals surface area (Å²) in [4.78, 5) is 12.2. The maximum absolute atomic E-state index is 13.4. The van der Waals surface area contributed by atoms with E-state index in [1.54, 1.807) is 36.6 Å². The Labute approximate surface area is 115 Å². The van der Waals surface area contributed by atoms with E-state index >= 15 is 0 Å². The molecule has 0 bridgehead atoms. The van der Waals surface area contributed by atoms with Crippen LogP contribution in [0.15, 0.2) is 52.0 Å². The van der Waals surface area contributed by atoms with E-state index in [0.717, 1.165) is 0 Å². The first-order valence-corrected chi connectivity index (χ1v) is 6.85. The van der Waals surface area contributed by atoms with E-state index in [0.29, 0.717) is 10.7 Å². The molecular weight excluding hydrogens is 265 g/mol. The molecule has 100 valence electrons. The molecule has 0 aliphatic carbocycles. The van der Waals surface area contributed by atoms with Gasteiger partial charge in [-0.15, -0.1) is 11.8 Å². The monoisotopic (exact) mass is 279 g/mol. The maximum Gasteiger partial charge on any atom is 0.230 e. The zero-order chi connectivity index (χ0) is 13.7. The van der Waals surface area contributed by atoms with Gasteiger partial charge in [-0.25, -0.2) is 4.39 Å². The third-order valence-electron chi connectivity index (χ3n) is 2.54. The smallest absolute Gasteiger partial charge is 0.230 e. The number of hydrogen-bond acceptors (Lipinski definition) is 3. The van der Waals surface area contributed by atoms with Gasteiger partial charge >= 0.3 is 0 Å². The second-order valence-electron chi connectivity index (χ2n) is 4.02. The molecule has 0 fully saturated rings. The van der Waals surface area contributed by atoms with E-state index in [-0.39, 0.29) is 23.5 Å². The minimum Gasteiger partial charge on any atom is -0.467 e. The lowest BCUT2D eigenvalue weighted by atomic mass is 10.2. The van der Waals surface area contributed by atoms with Crippen molar-refractivity contribution in [2.75, 3.05) is 5.75 Å². The topological polar surface area (TPSA) is 42.2 Å². The van der Waals surface area contributed by atoms with Crippen LogP contribution in [-0.4, -0.2) is 11.7 Å². The first kappa shape index (κ1) is 13.7. The zero-order valence-corrected chi connectivity index (χ0v) is 11.2. The summed E-state index contributed by atoms with van der Waals surface area (Å²) in [6, 6.07) is 9.78. The van der Waals surface area contributed by atoms with Gasteiger partial charge in [0.2, 0.25) is 5.91 Å². The summed E-state index contributed by atoms with van der Waals surface area (Å²) >= 11 is 1.18. The van der Waals surface area contributed by atoms with Gasteiger partial charge in [-0.05, 0) is 31.2 Å². The van der Waals surface area contributed by atoms with Gasteiger partial charge in [0, 0.05) is 4.90 Å². The summed E-state index contributed by atoms with van der Waals surface area (Å²) in [5, 5.41) is 2.80. The van der Waals surface area contributed by atoms with Crippen LogP contribution in [0.25, 0.3) is 0 Å². The highest BCUT2D eigenvalue weighted by Crippen LogP contribution is 2.21. The van der Waals surface area contributed by atoms with Gasteiger partial charge < -0.3 is 9.73 Å². The minimum absolute atomic E-state index is 0.155. The van der Waals surface area contributed by atoms with Crippen molar-refractivity contribution in [3.05, 3.63) is 54.2 Å². The predicted octanol–water partition coefficient (Wildman–Crippen LogP) is 3.39. The number of rotatable bonds is 5. The second kappa shape index (κ2) is 6.43. The standard InChI is InChI=1S/C14H14FNO2S/c1-10(12-6-4-8-18-12)16-14(17)9-19-13-7-3-2-5-11(13)15/h2-8,10H,9H2,1H3,(H,16,17)/t10-/m1/s1. The van der Waals surface area contributed by atoms with Crippen LogP contribution in [-0.2, 0) is 4.79 Å². The summed E-state index contributed by atoms with van der Waals surface area (Å²) in [6.07, 6.45) is 1.56. The molecule has 0 saturated heterocycles. The molecule has 1 amide bonds. The van der Waals surface area contributed by atoms with Gasteiger partial charge in [0.05, 0.1) is 18.1 Å². The van der Waals surface area contributed by atoms with Gasteiger partial charge in [-0.2, -0.15) is 0 Å². The average molecular weight is 279 g/mol. The largest absolute Gasteiger partial charge is 0.467 e. The van der Waals surface area contributed by atoms with Crippen LogP contribution in [0.1, 0.15) is 18.7 Å². The van der Waals surface area contributed by atoms with Crippen LogP contribution >= 0.6 is 11.8 Å². The van der Waals surface area contributed by atoms with E-state index < -0.39 is 0 Å². The molecule has 0 aliphatic rings. The molecule has 3 nitrogen and oxygen atoms in total. The molecule has 0 saturated carbocycles. The molecule has 1 atom stereocenters. The highest BCUT2D eigenvalue weighted by molar-refractivity contribution is 8.00. The lowest BCUT2D eigenvalue weighted by molar-refractivity contribution is -0.119. The van der Waals surface area contributed by atoms with Crippen molar-refractivity contribution in [2.24, 2.45) is 0 Å². The lowest BCUT2D eigenvalue weighted by Gasteiger charge is -2.11. The van der Waals surface area contributed by atoms with Crippen molar-refractivity contribution in [1.82, 2.24) is 5.32 Å². The highest BCUT2D eigenvalue weighted by Gasteiger charge is 2.12. The minimum atomic E-state index is -0.306. The molecule has 1 N–H and O–H groups in total. The van der Waals surface area contributed by atoms with Crippen LogP contribution in [0, 0.1) is 5.82 Å². The number of halogens is 1. The predicted molar refractivity (Wildman–Crippen MR) is 72.4 cm³/mol. The van der Waals surface area contributed by atoms with Gasteiger partial charge in [-0.3, -0.25) is 4.79 Å². The number of amides is 1. The van der Waals surface area contributed by atoms with E-state index in [1.807, 2.05) is 6.92 Å². The Morgan fingerprint density at radius 2 is 2.16 bits per heavy atom. The van der Waals surface area contributed by atoms with Crippen molar-refractivity contribution in [3.8, 4) is 0 Å². The Morgan fingerprint density at radius 3 is 2.84 bits per heavy atom. The molecule has 5 heteroatoms. The van der Waals surface area contributed by atoms with Crippen molar-refractivity contribution in [2.45, 2.75) is 17.9 Å². The normalized spacial score (nSPS) is 12.1. The fourth-order valence-electron chi connectivity index (χ4n) is 1.60. The zero-order valence-electron chi connectivity index (χ0n) is 10.4. The van der Waals surface area contributed by atoms with Crippen molar-refractivity contribution in [1.29, 1.82) is 0 Å². The van der Waals surface area contributed by atoms with Gasteiger partial charge in [-0.1, -0.05) is 12.1 Å². The molecule has 0 radical (unpaired) electrons. The third kappa shape index (κ3) is 3.86. The number of hydrogen-bond donors (Lipinski definition) is 1. The lowest BCUT2D eigenvalue weighted by Crippen LogP contribution is -2.27. The first-order chi connectivity index (χ1) is 9.16. The van der Waals surface area contributed by atoms with Crippen LogP contribution in [0.3, 0.4) is 0 Å². The van der Waals surface area contributed by atoms with Crippen LogP contribution in [0.2, 0.25) is 0 Å². The maximum atomic E-state index is 13.4. The number of carbonyl (C=O) groups is 1. The molecule has 1 aromatic carbocycles. The van der Waals surface area contributed by atoms with Crippen molar-refractivity contribution in [3.63, 3.8) is 0 Å². The quantitative estimate of drug-likeness (QED) is 0.853.